The first-order valence-electron chi connectivity index (χ1n) is 8.31. The number of nitrogens with zero attached hydrogens (tertiary/aromatic N) is 1. The van der Waals surface area contributed by atoms with Crippen LogP contribution in [0.5, 0.6) is 11.5 Å². The predicted molar refractivity (Wildman–Crippen MR) is 93.0 cm³/mol. The number of rotatable bonds is 6. The van der Waals surface area contributed by atoms with Crippen LogP contribution in [0.1, 0.15) is 27.2 Å². The zero-order valence-corrected chi connectivity index (χ0v) is 15.4. The summed E-state index contributed by atoms with van der Waals surface area (Å²) in [7, 11) is 1.53. The Morgan fingerprint density at radius 1 is 1.23 bits per heavy atom. The van der Waals surface area contributed by atoms with Crippen LogP contribution in [0.4, 0.5) is 4.79 Å². The minimum Gasteiger partial charge on any atom is -0.493 e. The summed E-state index contributed by atoms with van der Waals surface area (Å²) in [5, 5.41) is 2.44. The van der Waals surface area contributed by atoms with Gasteiger partial charge in [0, 0.05) is 0 Å². The van der Waals surface area contributed by atoms with Crippen LogP contribution in [0, 0.1) is 0 Å². The lowest BCUT2D eigenvalue weighted by atomic mass is 10.2. The molecule has 0 aromatic heterocycles. The maximum atomic E-state index is 12.3. The number of hydrogen-bond acceptors (Lipinski definition) is 6. The number of carbonyl (C=O) groups excluding carboxylic acids is 3. The second-order valence-electron chi connectivity index (χ2n) is 6.79. The van der Waals surface area contributed by atoms with Crippen molar-refractivity contribution in [3.63, 3.8) is 0 Å². The third kappa shape index (κ3) is 5.11. The fourth-order valence-electron chi connectivity index (χ4n) is 2.47. The lowest BCUT2D eigenvalue weighted by Crippen LogP contribution is -2.44. The van der Waals surface area contributed by atoms with E-state index in [4.69, 9.17) is 14.2 Å². The van der Waals surface area contributed by atoms with Gasteiger partial charge < -0.3 is 19.5 Å². The van der Waals surface area contributed by atoms with Gasteiger partial charge in [-0.05, 0) is 32.9 Å². The van der Waals surface area contributed by atoms with E-state index in [-0.39, 0.29) is 25.5 Å². The summed E-state index contributed by atoms with van der Waals surface area (Å²) in [6.45, 7) is 5.36. The van der Waals surface area contributed by atoms with Crippen LogP contribution in [0.2, 0.25) is 0 Å². The molecule has 1 aromatic carbocycles. The first-order chi connectivity index (χ1) is 12.2. The summed E-state index contributed by atoms with van der Waals surface area (Å²) in [5.74, 6) is 0.262. The summed E-state index contributed by atoms with van der Waals surface area (Å²) in [6, 6.07) is 6.18. The second kappa shape index (κ2) is 8.07. The first kappa shape index (κ1) is 19.6. The highest BCUT2D eigenvalue weighted by Gasteiger charge is 2.39. The Bertz CT molecular complexity index is 683. The van der Waals surface area contributed by atoms with Gasteiger partial charge in [0.2, 0.25) is 5.91 Å². The first-order valence-corrected chi connectivity index (χ1v) is 8.31. The van der Waals surface area contributed by atoms with E-state index in [0.29, 0.717) is 11.5 Å². The molecule has 1 aromatic rings. The van der Waals surface area contributed by atoms with E-state index in [1.54, 1.807) is 39.0 Å². The van der Waals surface area contributed by atoms with Gasteiger partial charge in [-0.1, -0.05) is 12.1 Å². The molecule has 0 radical (unpaired) electrons. The van der Waals surface area contributed by atoms with E-state index in [2.05, 4.69) is 5.32 Å². The minimum atomic E-state index is -0.913. The average molecular weight is 364 g/mol. The molecule has 1 unspecified atom stereocenters. The molecule has 1 N–H and O–H groups in total. The Kier molecular flexibility index (Phi) is 6.07. The molecule has 2 rings (SSSR count). The van der Waals surface area contributed by atoms with Gasteiger partial charge in [-0.2, -0.15) is 0 Å². The van der Waals surface area contributed by atoms with Gasteiger partial charge >= 0.3 is 6.09 Å². The molecule has 1 fully saturated rings. The molecule has 26 heavy (non-hydrogen) atoms. The monoisotopic (exact) mass is 364 g/mol. The highest BCUT2D eigenvalue weighted by atomic mass is 16.6. The molecule has 0 saturated carbocycles. The third-order valence-corrected chi connectivity index (χ3v) is 3.58. The summed E-state index contributed by atoms with van der Waals surface area (Å²) in [6.07, 6.45) is -0.817. The van der Waals surface area contributed by atoms with E-state index in [1.165, 1.54) is 7.11 Å². The standard InChI is InChI=1S/C18H24N2O6/c1-18(2,3)26-17(23)19-12-11-15(21)20(16(12)22)9-10-25-14-8-6-5-7-13(14)24-4/h5-8,12H,9-11H2,1-4H3,(H,19,23). The third-order valence-electron chi connectivity index (χ3n) is 3.58. The maximum Gasteiger partial charge on any atom is 0.408 e. The lowest BCUT2D eigenvalue weighted by Gasteiger charge is -2.21. The number of amides is 3. The zero-order chi connectivity index (χ0) is 19.3. The van der Waals surface area contributed by atoms with Crippen molar-refractivity contribution in [3.05, 3.63) is 24.3 Å². The van der Waals surface area contributed by atoms with Gasteiger partial charge in [0.25, 0.3) is 5.91 Å². The van der Waals surface area contributed by atoms with E-state index >= 15 is 0 Å². The van der Waals surface area contributed by atoms with E-state index in [9.17, 15) is 14.4 Å². The Labute approximate surface area is 152 Å². The van der Waals surface area contributed by atoms with Crippen molar-refractivity contribution < 1.29 is 28.6 Å². The highest BCUT2D eigenvalue weighted by molar-refractivity contribution is 6.06. The number of ether oxygens (including phenoxy) is 3. The second-order valence-corrected chi connectivity index (χ2v) is 6.79. The minimum absolute atomic E-state index is 0.0855. The van der Waals surface area contributed by atoms with Crippen molar-refractivity contribution >= 4 is 17.9 Å². The van der Waals surface area contributed by atoms with E-state index in [0.717, 1.165) is 4.90 Å². The van der Waals surface area contributed by atoms with Crippen LogP contribution in [0.3, 0.4) is 0 Å². The van der Waals surface area contributed by atoms with Gasteiger partial charge in [-0.25, -0.2) is 4.79 Å². The SMILES string of the molecule is COc1ccccc1OCCN1C(=O)CC(NC(=O)OC(C)(C)C)C1=O. The number of hydrogen-bond donors (Lipinski definition) is 1. The van der Waals surface area contributed by atoms with Gasteiger partial charge in [0.15, 0.2) is 11.5 Å². The summed E-state index contributed by atoms with van der Waals surface area (Å²) in [4.78, 5) is 37.3. The molecule has 0 bridgehead atoms. The van der Waals surface area contributed by atoms with Crippen LogP contribution >= 0.6 is 0 Å². The van der Waals surface area contributed by atoms with E-state index in [1.807, 2.05) is 6.07 Å². The van der Waals surface area contributed by atoms with Gasteiger partial charge in [0.1, 0.15) is 18.2 Å². The van der Waals surface area contributed by atoms with Crippen molar-refractivity contribution in [1.29, 1.82) is 0 Å². The van der Waals surface area contributed by atoms with Gasteiger partial charge in [-0.15, -0.1) is 0 Å². The molecule has 0 aliphatic carbocycles. The van der Waals surface area contributed by atoms with Crippen molar-refractivity contribution in [2.45, 2.75) is 38.8 Å². The molecule has 0 spiro atoms. The van der Waals surface area contributed by atoms with Crippen molar-refractivity contribution in [1.82, 2.24) is 10.2 Å². The number of likely N-dealkylation sites (tertiary alicyclic amines) is 1. The van der Waals surface area contributed by atoms with Gasteiger partial charge in [0.05, 0.1) is 20.1 Å². The Morgan fingerprint density at radius 3 is 2.50 bits per heavy atom. The quantitative estimate of drug-likeness (QED) is 0.773. The number of para-hydroxylation sites is 2. The number of imide groups is 1. The average Bonchev–Trinajstić information content (AvgIpc) is 2.80. The number of carbonyl (C=O) groups is 3. The Morgan fingerprint density at radius 2 is 1.88 bits per heavy atom. The fourth-order valence-corrected chi connectivity index (χ4v) is 2.47. The van der Waals surface area contributed by atoms with Crippen LogP contribution in [0.15, 0.2) is 24.3 Å². The molecule has 1 heterocycles. The van der Waals surface area contributed by atoms with Crippen LogP contribution in [-0.4, -0.2) is 54.7 Å². The Hall–Kier alpha value is -2.77. The molecule has 8 nitrogen and oxygen atoms in total. The highest BCUT2D eigenvalue weighted by Crippen LogP contribution is 2.25. The number of methoxy groups -OCH3 is 1. The molecule has 1 aliphatic rings. The van der Waals surface area contributed by atoms with Gasteiger partial charge in [-0.3, -0.25) is 14.5 Å². The molecule has 1 aliphatic heterocycles. The topological polar surface area (TPSA) is 94.2 Å². The van der Waals surface area contributed by atoms with Crippen LogP contribution in [-0.2, 0) is 14.3 Å². The molecular weight excluding hydrogens is 340 g/mol. The fraction of sp³-hybridized carbons (Fsp3) is 0.500. The molecular formula is C18H24N2O6. The van der Waals surface area contributed by atoms with Crippen LogP contribution in [0.25, 0.3) is 0 Å². The molecule has 8 heteroatoms. The summed E-state index contributed by atoms with van der Waals surface area (Å²) < 4.78 is 15.9. The van der Waals surface area contributed by atoms with Crippen molar-refractivity contribution in [2.75, 3.05) is 20.3 Å². The predicted octanol–water partition coefficient (Wildman–Crippen LogP) is 1.73. The summed E-state index contributed by atoms with van der Waals surface area (Å²) >= 11 is 0. The van der Waals surface area contributed by atoms with Crippen LogP contribution < -0.4 is 14.8 Å². The lowest BCUT2D eigenvalue weighted by molar-refractivity contribution is -0.139. The maximum absolute atomic E-state index is 12.3. The zero-order valence-electron chi connectivity index (χ0n) is 15.4. The summed E-state index contributed by atoms with van der Waals surface area (Å²) in [5.41, 5.74) is -0.683. The number of alkyl carbamates (subject to hydrolysis) is 1. The van der Waals surface area contributed by atoms with E-state index < -0.39 is 23.6 Å². The molecule has 142 valence electrons. The molecule has 3 amide bonds. The number of nitrogens with one attached hydrogen (secondary N) is 1. The van der Waals surface area contributed by atoms with Crippen molar-refractivity contribution in [3.8, 4) is 11.5 Å². The largest absolute Gasteiger partial charge is 0.493 e. The number of benzene rings is 1. The van der Waals surface area contributed by atoms with Crippen molar-refractivity contribution in [2.24, 2.45) is 0 Å². The smallest absolute Gasteiger partial charge is 0.408 e. The molecule has 1 atom stereocenters. The Balaban J connectivity index is 1.87. The normalized spacial score (nSPS) is 17.2. The molecule has 1 saturated heterocycles.